The lowest BCUT2D eigenvalue weighted by Gasteiger charge is -2.22. The van der Waals surface area contributed by atoms with Gasteiger partial charge in [0.1, 0.15) is 12.1 Å². The molecule has 24 heavy (non-hydrogen) atoms. The monoisotopic (exact) mass is 338 g/mol. The van der Waals surface area contributed by atoms with E-state index in [9.17, 15) is 14.4 Å². The summed E-state index contributed by atoms with van der Waals surface area (Å²) in [4.78, 5) is 36.0. The molecule has 0 aromatic carbocycles. The first-order valence-corrected chi connectivity index (χ1v) is 8.58. The summed E-state index contributed by atoms with van der Waals surface area (Å²) >= 11 is 0. The van der Waals surface area contributed by atoms with Crippen LogP contribution in [0.15, 0.2) is 0 Å². The molecule has 1 heterocycles. The Hall–Kier alpha value is -1.76. The van der Waals surface area contributed by atoms with Crippen molar-refractivity contribution in [2.24, 2.45) is 11.8 Å². The lowest BCUT2D eigenvalue weighted by molar-refractivity contribution is -0.152. The Morgan fingerprint density at radius 2 is 2.08 bits per heavy atom. The lowest BCUT2D eigenvalue weighted by Crippen LogP contribution is -2.48. The maximum absolute atomic E-state index is 12.5. The van der Waals surface area contributed by atoms with Gasteiger partial charge in [0.15, 0.2) is 5.78 Å². The van der Waals surface area contributed by atoms with Crippen molar-refractivity contribution in [2.75, 3.05) is 6.61 Å². The number of hydrogen-bond acceptors (Lipinski definition) is 6. The van der Waals surface area contributed by atoms with Crippen LogP contribution in [0.1, 0.15) is 46.0 Å². The number of amides is 1. The maximum atomic E-state index is 12.5. The number of nitrogens with one attached hydrogen (secondary N) is 2. The first-order chi connectivity index (χ1) is 11.4. The summed E-state index contributed by atoms with van der Waals surface area (Å²) in [5.74, 6) is -0.606. The topological polar surface area (TPSA) is 106 Å². The minimum Gasteiger partial charge on any atom is -0.461 e. The summed E-state index contributed by atoms with van der Waals surface area (Å²) in [6.07, 6.45) is 3.18. The van der Waals surface area contributed by atoms with E-state index < -0.39 is 18.1 Å². The molecule has 0 aromatic rings. The predicted octanol–water partition coefficient (Wildman–Crippen LogP) is 1.24. The van der Waals surface area contributed by atoms with Crippen LogP contribution < -0.4 is 5.32 Å². The van der Waals surface area contributed by atoms with Gasteiger partial charge in [0.2, 0.25) is 5.91 Å². The maximum Gasteiger partial charge on any atom is 0.328 e. The molecular formula is C17H26N2O5. The summed E-state index contributed by atoms with van der Waals surface area (Å²) in [5, 5.41) is 9.62. The highest BCUT2D eigenvalue weighted by molar-refractivity contribution is 6.26. The average molecular weight is 338 g/mol. The van der Waals surface area contributed by atoms with Gasteiger partial charge in [-0.1, -0.05) is 6.42 Å². The van der Waals surface area contributed by atoms with Crippen LogP contribution in [0.2, 0.25) is 0 Å². The van der Waals surface area contributed by atoms with Crippen molar-refractivity contribution >= 4 is 23.9 Å². The molecule has 7 nitrogen and oxygen atoms in total. The second kappa shape index (κ2) is 8.37. The van der Waals surface area contributed by atoms with Gasteiger partial charge in [-0.15, -0.1) is 0 Å². The second-order valence-electron chi connectivity index (χ2n) is 6.80. The van der Waals surface area contributed by atoms with Gasteiger partial charge in [-0.3, -0.25) is 9.59 Å². The average Bonchev–Trinajstić information content (AvgIpc) is 3.12. The van der Waals surface area contributed by atoms with Crippen molar-refractivity contribution in [3.8, 4) is 0 Å². The zero-order valence-corrected chi connectivity index (χ0v) is 14.2. The number of ether oxygens (including phenoxy) is 2. The van der Waals surface area contributed by atoms with Crippen molar-refractivity contribution in [2.45, 2.75) is 64.2 Å². The highest BCUT2D eigenvalue weighted by Gasteiger charge is 2.44. The van der Waals surface area contributed by atoms with Crippen LogP contribution in [0.5, 0.6) is 0 Å². The van der Waals surface area contributed by atoms with Gasteiger partial charge in [-0.2, -0.15) is 0 Å². The molecule has 1 aliphatic heterocycles. The number of Topliss-reactive ketones (excluding diaryl/α,β-unsaturated/α-hetero) is 1. The third-order valence-corrected chi connectivity index (χ3v) is 4.65. The van der Waals surface area contributed by atoms with Crippen molar-refractivity contribution < 1.29 is 23.9 Å². The van der Waals surface area contributed by atoms with Gasteiger partial charge in [0, 0.05) is 6.42 Å². The van der Waals surface area contributed by atoms with E-state index in [2.05, 4.69) is 5.32 Å². The normalized spacial score (nSPS) is 26.7. The third-order valence-electron chi connectivity index (χ3n) is 4.65. The Morgan fingerprint density at radius 1 is 1.33 bits per heavy atom. The Balaban J connectivity index is 1.97. The quantitative estimate of drug-likeness (QED) is 0.511. The second-order valence-corrected chi connectivity index (χ2v) is 6.80. The SMILES string of the molecule is CC(C)OC(=O)[C@H](CCC(=O)C=N)NC(=O)C1OCC2CCCC21. The van der Waals surface area contributed by atoms with E-state index in [4.69, 9.17) is 14.9 Å². The largest absolute Gasteiger partial charge is 0.461 e. The van der Waals surface area contributed by atoms with E-state index in [0.717, 1.165) is 25.5 Å². The molecule has 1 saturated heterocycles. The molecule has 2 rings (SSSR count). The van der Waals surface area contributed by atoms with Crippen molar-refractivity contribution in [1.82, 2.24) is 5.32 Å². The van der Waals surface area contributed by atoms with Crippen LogP contribution in [0, 0.1) is 17.2 Å². The third kappa shape index (κ3) is 4.63. The highest BCUT2D eigenvalue weighted by atomic mass is 16.5. The smallest absolute Gasteiger partial charge is 0.328 e. The number of esters is 1. The minimum atomic E-state index is -0.896. The van der Waals surface area contributed by atoms with Crippen molar-refractivity contribution in [1.29, 1.82) is 5.41 Å². The van der Waals surface area contributed by atoms with Gasteiger partial charge in [0.05, 0.1) is 18.9 Å². The van der Waals surface area contributed by atoms with E-state index in [1.54, 1.807) is 13.8 Å². The number of rotatable bonds is 8. The van der Waals surface area contributed by atoms with Gasteiger partial charge in [-0.25, -0.2) is 4.79 Å². The standard InChI is InChI=1S/C17H26N2O5/c1-10(2)24-17(22)14(7-6-12(20)8-18)19-16(21)15-13-5-3-4-11(13)9-23-15/h8,10-11,13-15,18H,3-7,9H2,1-2H3,(H,19,21)/t11?,13?,14-,15?/m0/s1. The molecule has 0 spiro atoms. The summed E-state index contributed by atoms with van der Waals surface area (Å²) in [7, 11) is 0. The Kier molecular flexibility index (Phi) is 6.48. The molecule has 1 amide bonds. The van der Waals surface area contributed by atoms with Gasteiger partial charge < -0.3 is 20.2 Å². The van der Waals surface area contributed by atoms with Gasteiger partial charge in [-0.05, 0) is 44.9 Å². The molecule has 7 heteroatoms. The summed E-state index contributed by atoms with van der Waals surface area (Å²) in [6.45, 7) is 4.04. The van der Waals surface area contributed by atoms with Crippen LogP contribution >= 0.6 is 0 Å². The van der Waals surface area contributed by atoms with Crippen molar-refractivity contribution in [3.63, 3.8) is 0 Å². The first kappa shape index (κ1) is 18.6. The number of carbonyl (C=O) groups is 3. The van der Waals surface area contributed by atoms with Crippen LogP contribution in [-0.4, -0.2) is 48.7 Å². The van der Waals surface area contributed by atoms with Crippen LogP contribution in [0.4, 0.5) is 0 Å². The molecule has 0 radical (unpaired) electrons. The van der Waals surface area contributed by atoms with E-state index in [0.29, 0.717) is 12.5 Å². The molecule has 1 saturated carbocycles. The van der Waals surface area contributed by atoms with E-state index in [1.165, 1.54) is 0 Å². The zero-order valence-electron chi connectivity index (χ0n) is 14.2. The first-order valence-electron chi connectivity index (χ1n) is 8.58. The van der Waals surface area contributed by atoms with E-state index in [-0.39, 0.29) is 36.6 Å². The molecule has 1 aliphatic carbocycles. The fourth-order valence-electron chi connectivity index (χ4n) is 3.47. The van der Waals surface area contributed by atoms with Crippen molar-refractivity contribution in [3.05, 3.63) is 0 Å². The number of fused-ring (bicyclic) bond motifs is 1. The summed E-state index contributed by atoms with van der Waals surface area (Å²) in [5.41, 5.74) is 0. The van der Waals surface area contributed by atoms with Crippen LogP contribution in [0.3, 0.4) is 0 Å². The lowest BCUT2D eigenvalue weighted by atomic mass is 9.93. The molecule has 2 aliphatic rings. The fourth-order valence-corrected chi connectivity index (χ4v) is 3.47. The number of carbonyl (C=O) groups excluding carboxylic acids is 3. The summed E-state index contributed by atoms with van der Waals surface area (Å²) < 4.78 is 10.8. The molecule has 4 atom stereocenters. The number of hydrogen-bond donors (Lipinski definition) is 2. The molecule has 3 unspecified atom stereocenters. The van der Waals surface area contributed by atoms with E-state index in [1.807, 2.05) is 0 Å². The fraction of sp³-hybridized carbons (Fsp3) is 0.765. The summed E-state index contributed by atoms with van der Waals surface area (Å²) in [6, 6.07) is -0.896. The molecule has 2 fully saturated rings. The Bertz CT molecular complexity index is 505. The molecule has 0 aromatic heterocycles. The Morgan fingerprint density at radius 3 is 2.75 bits per heavy atom. The minimum absolute atomic E-state index is 0.0131. The molecule has 2 N–H and O–H groups in total. The molecule has 0 bridgehead atoms. The van der Waals surface area contributed by atoms with E-state index >= 15 is 0 Å². The molecule has 134 valence electrons. The highest BCUT2D eigenvalue weighted by Crippen LogP contribution is 2.40. The number of ketones is 1. The Labute approximate surface area is 142 Å². The van der Waals surface area contributed by atoms with Crippen LogP contribution in [-0.2, 0) is 23.9 Å². The zero-order chi connectivity index (χ0) is 17.7. The van der Waals surface area contributed by atoms with Gasteiger partial charge in [0.25, 0.3) is 0 Å². The predicted molar refractivity (Wildman–Crippen MR) is 86.8 cm³/mol. The van der Waals surface area contributed by atoms with Crippen LogP contribution in [0.25, 0.3) is 0 Å². The van der Waals surface area contributed by atoms with Gasteiger partial charge >= 0.3 is 5.97 Å². The molecular weight excluding hydrogens is 312 g/mol.